The van der Waals surface area contributed by atoms with Gasteiger partial charge in [0.1, 0.15) is 12.3 Å². The average molecular weight is 431 g/mol. The maximum atomic E-state index is 12.9. The molecule has 1 aromatic heterocycles. The van der Waals surface area contributed by atoms with Crippen molar-refractivity contribution in [1.82, 2.24) is 10.2 Å². The maximum Gasteiger partial charge on any atom is 0.336 e. The summed E-state index contributed by atoms with van der Waals surface area (Å²) < 4.78 is 10.4. The molecule has 0 aliphatic carbocycles. The SMILES string of the molecule is CCOC(=O)C1=C(C)N(CC(=O)NCc2ccco2)C(=O)CC1c1ccccc1Cl. The van der Waals surface area contributed by atoms with Crippen molar-refractivity contribution in [3.63, 3.8) is 0 Å². The molecule has 0 fully saturated rings. The second-order valence-corrected chi connectivity index (χ2v) is 7.24. The minimum atomic E-state index is -0.535. The van der Waals surface area contributed by atoms with Gasteiger partial charge in [0, 0.05) is 23.1 Å². The van der Waals surface area contributed by atoms with E-state index in [1.807, 2.05) is 0 Å². The number of benzene rings is 1. The number of nitrogens with zero attached hydrogens (tertiary/aromatic N) is 1. The molecular formula is C22H23ClN2O5. The summed E-state index contributed by atoms with van der Waals surface area (Å²) in [5.41, 5.74) is 1.41. The van der Waals surface area contributed by atoms with Gasteiger partial charge in [0.15, 0.2) is 0 Å². The monoisotopic (exact) mass is 430 g/mol. The predicted octanol–water partition coefficient (Wildman–Crippen LogP) is 3.40. The van der Waals surface area contributed by atoms with Gasteiger partial charge >= 0.3 is 5.97 Å². The molecule has 8 heteroatoms. The standard InChI is InChI=1S/C22H23ClN2O5/c1-3-29-22(28)21-14(2)25(13-19(26)24-12-15-7-6-10-30-15)20(27)11-17(21)16-8-4-5-9-18(16)23/h4-10,17H,3,11-13H2,1-2H3,(H,24,26). The van der Waals surface area contributed by atoms with E-state index < -0.39 is 11.9 Å². The van der Waals surface area contributed by atoms with E-state index >= 15 is 0 Å². The van der Waals surface area contributed by atoms with Crippen LogP contribution >= 0.6 is 11.6 Å². The van der Waals surface area contributed by atoms with Crippen LogP contribution in [-0.4, -0.2) is 35.8 Å². The molecule has 0 saturated carbocycles. The van der Waals surface area contributed by atoms with Crippen molar-refractivity contribution in [2.75, 3.05) is 13.2 Å². The number of amides is 2. The minimum absolute atomic E-state index is 0.0146. The Kier molecular flexibility index (Phi) is 6.95. The van der Waals surface area contributed by atoms with E-state index in [1.165, 1.54) is 11.2 Å². The molecule has 0 saturated heterocycles. The highest BCUT2D eigenvalue weighted by molar-refractivity contribution is 6.31. The van der Waals surface area contributed by atoms with Crippen LogP contribution in [0.3, 0.4) is 0 Å². The molecule has 30 heavy (non-hydrogen) atoms. The third-order valence-corrected chi connectivity index (χ3v) is 5.28. The Hall–Kier alpha value is -3.06. The molecule has 1 aliphatic rings. The van der Waals surface area contributed by atoms with E-state index in [2.05, 4.69) is 5.32 Å². The van der Waals surface area contributed by atoms with Gasteiger partial charge in [-0.15, -0.1) is 0 Å². The van der Waals surface area contributed by atoms with E-state index in [0.29, 0.717) is 27.6 Å². The van der Waals surface area contributed by atoms with Crippen LogP contribution in [-0.2, 0) is 25.7 Å². The molecular weight excluding hydrogens is 408 g/mol. The number of hydrogen-bond acceptors (Lipinski definition) is 5. The van der Waals surface area contributed by atoms with Crippen LogP contribution in [0.2, 0.25) is 5.02 Å². The van der Waals surface area contributed by atoms with Crippen molar-refractivity contribution in [3.05, 3.63) is 70.3 Å². The van der Waals surface area contributed by atoms with E-state index in [1.54, 1.807) is 50.2 Å². The molecule has 0 bridgehead atoms. The fourth-order valence-electron chi connectivity index (χ4n) is 3.50. The zero-order valence-electron chi connectivity index (χ0n) is 16.8. The number of hydrogen-bond donors (Lipinski definition) is 1. The molecule has 2 aromatic rings. The fraction of sp³-hybridized carbons (Fsp3) is 0.318. The Labute approximate surface area is 179 Å². The quantitative estimate of drug-likeness (QED) is 0.680. The molecule has 2 amide bonds. The van der Waals surface area contributed by atoms with Crippen molar-refractivity contribution >= 4 is 29.4 Å². The van der Waals surface area contributed by atoms with E-state index in [9.17, 15) is 14.4 Å². The Morgan fingerprint density at radius 1 is 1.27 bits per heavy atom. The summed E-state index contributed by atoms with van der Waals surface area (Å²) in [6.07, 6.45) is 1.53. The van der Waals surface area contributed by atoms with Crippen molar-refractivity contribution in [3.8, 4) is 0 Å². The molecule has 158 valence electrons. The van der Waals surface area contributed by atoms with Crippen molar-refractivity contribution in [2.45, 2.75) is 32.7 Å². The minimum Gasteiger partial charge on any atom is -0.467 e. The lowest BCUT2D eigenvalue weighted by Crippen LogP contribution is -2.44. The van der Waals surface area contributed by atoms with Gasteiger partial charge in [-0.2, -0.15) is 0 Å². The number of ether oxygens (including phenoxy) is 1. The van der Waals surface area contributed by atoms with Crippen LogP contribution in [0.25, 0.3) is 0 Å². The van der Waals surface area contributed by atoms with Crippen LogP contribution in [0.5, 0.6) is 0 Å². The van der Waals surface area contributed by atoms with Crippen LogP contribution in [0.15, 0.2) is 58.3 Å². The highest BCUT2D eigenvalue weighted by Crippen LogP contribution is 2.39. The van der Waals surface area contributed by atoms with Crippen molar-refractivity contribution in [2.24, 2.45) is 0 Å². The van der Waals surface area contributed by atoms with Gasteiger partial charge < -0.3 is 19.4 Å². The molecule has 2 heterocycles. The lowest BCUT2D eigenvalue weighted by Gasteiger charge is -2.34. The number of esters is 1. The van der Waals surface area contributed by atoms with Crippen LogP contribution in [0.4, 0.5) is 0 Å². The van der Waals surface area contributed by atoms with Gasteiger partial charge in [-0.25, -0.2) is 4.79 Å². The summed E-state index contributed by atoms with van der Waals surface area (Å²) in [5, 5.41) is 3.18. The maximum absolute atomic E-state index is 12.9. The molecule has 1 atom stereocenters. The van der Waals surface area contributed by atoms with E-state index in [4.69, 9.17) is 20.8 Å². The van der Waals surface area contributed by atoms with Crippen LogP contribution in [0.1, 0.15) is 37.5 Å². The Morgan fingerprint density at radius 3 is 2.70 bits per heavy atom. The molecule has 1 aromatic carbocycles. The molecule has 0 spiro atoms. The first-order valence-corrected chi connectivity index (χ1v) is 10.0. The predicted molar refractivity (Wildman–Crippen MR) is 110 cm³/mol. The molecule has 1 aliphatic heterocycles. The first-order chi connectivity index (χ1) is 14.4. The molecule has 7 nitrogen and oxygen atoms in total. The Bertz CT molecular complexity index is 968. The zero-order valence-corrected chi connectivity index (χ0v) is 17.6. The van der Waals surface area contributed by atoms with Gasteiger partial charge in [0.2, 0.25) is 11.8 Å². The number of halogens is 1. The van der Waals surface area contributed by atoms with Gasteiger partial charge in [-0.3, -0.25) is 9.59 Å². The third-order valence-electron chi connectivity index (χ3n) is 4.94. The number of carbonyl (C=O) groups is 3. The summed E-state index contributed by atoms with van der Waals surface area (Å²) in [5.74, 6) is -1.08. The summed E-state index contributed by atoms with van der Waals surface area (Å²) in [4.78, 5) is 39.4. The van der Waals surface area contributed by atoms with E-state index in [0.717, 1.165) is 0 Å². The lowest BCUT2D eigenvalue weighted by molar-refractivity contribution is -0.141. The second-order valence-electron chi connectivity index (χ2n) is 6.83. The Morgan fingerprint density at radius 2 is 2.03 bits per heavy atom. The summed E-state index contributed by atoms with van der Waals surface area (Å²) in [6, 6.07) is 10.6. The van der Waals surface area contributed by atoms with Gasteiger partial charge in [-0.05, 0) is 37.6 Å². The zero-order chi connectivity index (χ0) is 21.7. The molecule has 0 radical (unpaired) electrons. The van der Waals surface area contributed by atoms with Crippen molar-refractivity contribution in [1.29, 1.82) is 0 Å². The van der Waals surface area contributed by atoms with Gasteiger partial charge in [0.25, 0.3) is 0 Å². The molecule has 1 N–H and O–H groups in total. The lowest BCUT2D eigenvalue weighted by atomic mass is 9.83. The fourth-order valence-corrected chi connectivity index (χ4v) is 3.77. The Balaban J connectivity index is 1.87. The summed E-state index contributed by atoms with van der Waals surface area (Å²) in [7, 11) is 0. The topological polar surface area (TPSA) is 88.8 Å². The smallest absolute Gasteiger partial charge is 0.336 e. The third kappa shape index (κ3) is 4.74. The largest absolute Gasteiger partial charge is 0.467 e. The average Bonchev–Trinajstić information content (AvgIpc) is 3.23. The van der Waals surface area contributed by atoms with Crippen LogP contribution in [0, 0.1) is 0 Å². The van der Waals surface area contributed by atoms with Crippen LogP contribution < -0.4 is 5.32 Å². The highest BCUT2D eigenvalue weighted by atomic mass is 35.5. The normalized spacial score (nSPS) is 16.6. The van der Waals surface area contributed by atoms with E-state index in [-0.39, 0.29) is 37.9 Å². The first kappa shape index (κ1) is 21.6. The number of nitrogens with one attached hydrogen (secondary N) is 1. The van der Waals surface area contributed by atoms with Gasteiger partial charge in [0.05, 0.1) is 25.0 Å². The summed E-state index contributed by atoms with van der Waals surface area (Å²) in [6.45, 7) is 3.56. The van der Waals surface area contributed by atoms with Crippen molar-refractivity contribution < 1.29 is 23.5 Å². The highest BCUT2D eigenvalue weighted by Gasteiger charge is 2.38. The summed E-state index contributed by atoms with van der Waals surface area (Å²) >= 11 is 6.34. The molecule has 1 unspecified atom stereocenters. The number of carbonyl (C=O) groups excluding carboxylic acids is 3. The number of furan rings is 1. The number of rotatable bonds is 7. The van der Waals surface area contributed by atoms with Gasteiger partial charge in [-0.1, -0.05) is 29.8 Å². The second kappa shape index (κ2) is 9.63. The number of allylic oxidation sites excluding steroid dienone is 1. The first-order valence-electron chi connectivity index (χ1n) is 9.64. The molecule has 3 rings (SSSR count).